The van der Waals surface area contributed by atoms with Gasteiger partial charge in [0, 0.05) is 6.08 Å². The van der Waals surface area contributed by atoms with Crippen molar-refractivity contribution in [2.24, 2.45) is 0 Å². The lowest BCUT2D eigenvalue weighted by Gasteiger charge is -2.18. The fraction of sp³-hybridized carbons (Fsp3) is 0.500. The molecule has 0 radical (unpaired) electrons. The van der Waals surface area contributed by atoms with E-state index in [2.05, 4.69) is 0 Å². The van der Waals surface area contributed by atoms with Gasteiger partial charge in [-0.3, -0.25) is 4.57 Å². The van der Waals surface area contributed by atoms with Crippen LogP contribution in [0.5, 0.6) is 0 Å². The number of alkyl halides is 1. The highest BCUT2D eigenvalue weighted by Gasteiger charge is 2.34. The van der Waals surface area contributed by atoms with Crippen molar-refractivity contribution >= 4 is 30.5 Å². The van der Waals surface area contributed by atoms with E-state index in [-0.39, 0.29) is 36.8 Å². The highest BCUT2D eigenvalue weighted by molar-refractivity contribution is 7.65. The van der Waals surface area contributed by atoms with Gasteiger partial charge in [-0.2, -0.15) is 0 Å². The van der Waals surface area contributed by atoms with Crippen molar-refractivity contribution in [3.63, 3.8) is 0 Å². The molecule has 0 fully saturated rings. The van der Waals surface area contributed by atoms with Gasteiger partial charge in [0.1, 0.15) is 16.8 Å². The number of rotatable bonds is 9. The summed E-state index contributed by atoms with van der Waals surface area (Å²) in [5, 5.41) is 0.0195. The molecule has 6 nitrogen and oxygen atoms in total. The lowest BCUT2D eigenvalue weighted by molar-refractivity contribution is -0.137. The van der Waals surface area contributed by atoms with Crippen LogP contribution in [0, 0.1) is 0 Å². The lowest BCUT2D eigenvalue weighted by Crippen LogP contribution is -2.04. The molecule has 0 unspecified atom stereocenters. The highest BCUT2D eigenvalue weighted by Crippen LogP contribution is 2.60. The maximum atomic E-state index is 12.9. The molecule has 0 aliphatic carbocycles. The third-order valence-electron chi connectivity index (χ3n) is 2.48. The fourth-order valence-electron chi connectivity index (χ4n) is 1.68. The molecule has 124 valence electrons. The van der Waals surface area contributed by atoms with E-state index in [1.807, 2.05) is 0 Å². The topological polar surface area (TPSA) is 75.0 Å². The molecule has 8 heteroatoms. The number of ether oxygens (including phenoxy) is 1. The van der Waals surface area contributed by atoms with Crippen molar-refractivity contribution in [3.8, 4) is 0 Å². The smallest absolute Gasteiger partial charge is 0.365 e. The first-order chi connectivity index (χ1) is 10.5. The molecule has 0 saturated carbocycles. The van der Waals surface area contributed by atoms with Gasteiger partial charge in [-0.25, -0.2) is 4.79 Å². The molecule has 0 aliphatic heterocycles. The second kappa shape index (κ2) is 9.16. The summed E-state index contributed by atoms with van der Waals surface area (Å²) >= 11 is 5.70. The molecule has 0 atom stereocenters. The average Bonchev–Trinajstić information content (AvgIpc) is 2.94. The summed E-state index contributed by atoms with van der Waals surface area (Å²) in [7, 11) is -3.70. The van der Waals surface area contributed by atoms with Crippen molar-refractivity contribution in [1.29, 1.82) is 0 Å². The fourth-order valence-corrected chi connectivity index (χ4v) is 3.51. The molecule has 22 heavy (non-hydrogen) atoms. The minimum absolute atomic E-state index is 0.0195. The number of esters is 1. The Hall–Kier alpha value is -1.07. The van der Waals surface area contributed by atoms with Crippen molar-refractivity contribution < 1.29 is 27.6 Å². The SMILES string of the molecule is CCOC(=O)C=C(c1ccc(CCl)o1)P(=O)(OCC)OCC. The Labute approximate surface area is 134 Å². The molecular formula is C14H20ClO6P. The van der Waals surface area contributed by atoms with Crippen LogP contribution in [0.15, 0.2) is 22.6 Å². The van der Waals surface area contributed by atoms with Crippen LogP contribution in [-0.2, 0) is 29.0 Å². The average molecular weight is 351 g/mol. The molecular weight excluding hydrogens is 331 g/mol. The van der Waals surface area contributed by atoms with E-state index in [1.54, 1.807) is 32.9 Å². The molecule has 0 saturated heterocycles. The van der Waals surface area contributed by atoms with E-state index in [1.165, 1.54) is 0 Å². The molecule has 1 rings (SSSR count). The zero-order chi connectivity index (χ0) is 16.6. The quantitative estimate of drug-likeness (QED) is 0.288. The van der Waals surface area contributed by atoms with Gasteiger partial charge in [-0.1, -0.05) is 0 Å². The summed E-state index contributed by atoms with van der Waals surface area (Å²) in [6, 6.07) is 3.19. The van der Waals surface area contributed by atoms with Gasteiger partial charge in [0.2, 0.25) is 0 Å². The molecule has 1 aromatic heterocycles. The van der Waals surface area contributed by atoms with E-state index in [0.717, 1.165) is 6.08 Å². The first kappa shape index (κ1) is 19.0. The van der Waals surface area contributed by atoms with Gasteiger partial charge < -0.3 is 18.2 Å². The van der Waals surface area contributed by atoms with Crippen LogP contribution in [0.1, 0.15) is 32.3 Å². The van der Waals surface area contributed by atoms with Crippen molar-refractivity contribution in [1.82, 2.24) is 0 Å². The Bertz CT molecular complexity index is 555. The predicted molar refractivity (Wildman–Crippen MR) is 83.7 cm³/mol. The van der Waals surface area contributed by atoms with Gasteiger partial charge >= 0.3 is 13.6 Å². The number of halogens is 1. The number of hydrogen-bond donors (Lipinski definition) is 0. The minimum Gasteiger partial charge on any atom is -0.463 e. The summed E-state index contributed by atoms with van der Waals surface area (Å²) in [6.45, 7) is 5.54. The van der Waals surface area contributed by atoms with Gasteiger partial charge in [0.15, 0.2) is 0 Å². The maximum Gasteiger partial charge on any atom is 0.365 e. The molecule has 1 aromatic rings. The van der Waals surface area contributed by atoms with E-state index >= 15 is 0 Å². The minimum atomic E-state index is -3.70. The number of furan rings is 1. The Kier molecular flexibility index (Phi) is 7.90. The second-order valence-electron chi connectivity index (χ2n) is 4.01. The number of carbonyl (C=O) groups excluding carboxylic acids is 1. The van der Waals surface area contributed by atoms with E-state index in [4.69, 9.17) is 29.8 Å². The molecule has 0 N–H and O–H groups in total. The summed E-state index contributed by atoms with van der Waals surface area (Å²) in [6.07, 6.45) is 1.08. The van der Waals surface area contributed by atoms with E-state index in [0.29, 0.717) is 5.76 Å². The van der Waals surface area contributed by atoms with Crippen molar-refractivity contribution in [2.75, 3.05) is 19.8 Å². The summed E-state index contributed by atoms with van der Waals surface area (Å²) in [5.74, 6) is 0.182. The Morgan fingerprint density at radius 3 is 2.32 bits per heavy atom. The van der Waals surface area contributed by atoms with E-state index in [9.17, 15) is 9.36 Å². The molecule has 0 aromatic carbocycles. The zero-order valence-electron chi connectivity index (χ0n) is 12.8. The normalized spacial score (nSPS) is 12.5. The van der Waals surface area contributed by atoms with Crippen LogP contribution < -0.4 is 0 Å². The molecule has 1 heterocycles. The molecule has 0 aliphatic rings. The number of hydrogen-bond acceptors (Lipinski definition) is 6. The largest absolute Gasteiger partial charge is 0.463 e. The third-order valence-corrected chi connectivity index (χ3v) is 4.88. The Balaban J connectivity index is 3.31. The standard InChI is InChI=1S/C14H20ClO6P/c1-4-18-14(16)9-13(12-8-7-11(10-15)21-12)22(17,19-5-2)20-6-3/h7-9H,4-6,10H2,1-3H3. The van der Waals surface area contributed by atoms with Crippen molar-refractivity contribution in [3.05, 3.63) is 29.7 Å². The lowest BCUT2D eigenvalue weighted by atomic mass is 10.4. The molecule has 0 bridgehead atoms. The maximum absolute atomic E-state index is 12.9. The Morgan fingerprint density at radius 1 is 1.23 bits per heavy atom. The zero-order valence-corrected chi connectivity index (χ0v) is 14.5. The van der Waals surface area contributed by atoms with Crippen LogP contribution in [0.25, 0.3) is 5.31 Å². The van der Waals surface area contributed by atoms with E-state index < -0.39 is 13.6 Å². The van der Waals surface area contributed by atoms with Gasteiger partial charge in [0.05, 0.1) is 25.7 Å². The van der Waals surface area contributed by atoms with Crippen LogP contribution in [0.4, 0.5) is 0 Å². The third kappa shape index (κ3) is 4.99. The Morgan fingerprint density at radius 2 is 1.86 bits per heavy atom. The number of carbonyl (C=O) groups is 1. The summed E-state index contributed by atoms with van der Waals surface area (Å²) < 4.78 is 33.8. The predicted octanol–water partition coefficient (Wildman–Crippen LogP) is 4.19. The molecule has 0 spiro atoms. The van der Waals surface area contributed by atoms with Crippen molar-refractivity contribution in [2.45, 2.75) is 26.7 Å². The molecule has 0 amide bonds. The highest BCUT2D eigenvalue weighted by atomic mass is 35.5. The van der Waals surface area contributed by atoms with Gasteiger partial charge in [-0.15, -0.1) is 11.6 Å². The summed E-state index contributed by atoms with van der Waals surface area (Å²) in [5.41, 5.74) is 0. The van der Waals surface area contributed by atoms with Crippen LogP contribution in [0.3, 0.4) is 0 Å². The summed E-state index contributed by atoms with van der Waals surface area (Å²) in [4.78, 5) is 11.8. The first-order valence-electron chi connectivity index (χ1n) is 6.93. The van der Waals surface area contributed by atoms with Crippen LogP contribution in [0.2, 0.25) is 0 Å². The van der Waals surface area contributed by atoms with Gasteiger partial charge in [0.25, 0.3) is 0 Å². The van der Waals surface area contributed by atoms with Crippen LogP contribution in [-0.4, -0.2) is 25.8 Å². The van der Waals surface area contributed by atoms with Gasteiger partial charge in [-0.05, 0) is 32.9 Å². The second-order valence-corrected chi connectivity index (χ2v) is 6.27. The van der Waals surface area contributed by atoms with Crippen LogP contribution >= 0.6 is 19.2 Å². The first-order valence-corrected chi connectivity index (χ1v) is 9.01. The monoisotopic (exact) mass is 350 g/mol.